The minimum atomic E-state index is -1.51. The lowest BCUT2D eigenvalue weighted by Crippen LogP contribution is -2.44. The molecule has 0 aliphatic carbocycles. The molecular weight excluding hydrogens is 289 g/mol. The molecule has 2 aliphatic heterocycles. The molecule has 2 aliphatic rings. The molecule has 1 aromatic rings. The standard InChI is InChI=1S/C14H15F3O2S/c15-11-4-1-8(12(16)13(11)17)5-14(18)6-9-2-3-10(7-14)20(9)19/h1,4,9-10,18H,2-3,5-7H2. The Morgan fingerprint density at radius 2 is 1.75 bits per heavy atom. The normalized spacial score (nSPS) is 36.3. The summed E-state index contributed by atoms with van der Waals surface area (Å²) in [5.74, 6) is -3.98. The molecule has 2 fully saturated rings. The highest BCUT2D eigenvalue weighted by molar-refractivity contribution is 7.86. The highest BCUT2D eigenvalue weighted by Crippen LogP contribution is 2.42. The summed E-state index contributed by atoms with van der Waals surface area (Å²) in [5, 5.41) is 10.5. The molecule has 1 N–H and O–H groups in total. The van der Waals surface area contributed by atoms with Crippen molar-refractivity contribution in [3.63, 3.8) is 0 Å². The summed E-state index contributed by atoms with van der Waals surface area (Å²) < 4.78 is 51.7. The molecule has 0 aromatic heterocycles. The average Bonchev–Trinajstić information content (AvgIpc) is 2.63. The van der Waals surface area contributed by atoms with Gasteiger partial charge in [0.1, 0.15) is 0 Å². The Kier molecular flexibility index (Phi) is 3.41. The van der Waals surface area contributed by atoms with E-state index >= 15 is 0 Å². The van der Waals surface area contributed by atoms with Gasteiger partial charge in [-0.3, -0.25) is 4.21 Å². The van der Waals surface area contributed by atoms with Crippen molar-refractivity contribution in [1.82, 2.24) is 0 Å². The smallest absolute Gasteiger partial charge is 0.194 e. The van der Waals surface area contributed by atoms with Crippen molar-refractivity contribution in [3.8, 4) is 0 Å². The molecule has 0 amide bonds. The van der Waals surface area contributed by atoms with Gasteiger partial charge in [0, 0.05) is 27.7 Å². The van der Waals surface area contributed by atoms with Crippen LogP contribution in [-0.2, 0) is 17.2 Å². The van der Waals surface area contributed by atoms with Crippen molar-refractivity contribution in [2.45, 2.75) is 48.2 Å². The Morgan fingerprint density at radius 1 is 1.15 bits per heavy atom. The number of hydrogen-bond acceptors (Lipinski definition) is 2. The summed E-state index contributed by atoms with van der Waals surface area (Å²) in [6.07, 6.45) is 2.20. The van der Waals surface area contributed by atoms with Gasteiger partial charge in [0.05, 0.1) is 5.60 Å². The van der Waals surface area contributed by atoms with Gasteiger partial charge in [-0.15, -0.1) is 0 Å². The lowest BCUT2D eigenvalue weighted by atomic mass is 9.86. The monoisotopic (exact) mass is 304 g/mol. The molecule has 1 aromatic carbocycles. The van der Waals surface area contributed by atoms with Crippen LogP contribution >= 0.6 is 0 Å². The van der Waals surface area contributed by atoms with Crippen LogP contribution in [0.15, 0.2) is 12.1 Å². The van der Waals surface area contributed by atoms with Crippen LogP contribution in [0.4, 0.5) is 13.2 Å². The Hall–Kier alpha value is -0.880. The fourth-order valence-electron chi connectivity index (χ4n) is 3.38. The topological polar surface area (TPSA) is 37.3 Å². The molecule has 2 bridgehead atoms. The van der Waals surface area contributed by atoms with Gasteiger partial charge in [0.25, 0.3) is 0 Å². The molecule has 6 heteroatoms. The predicted molar refractivity (Wildman–Crippen MR) is 69.2 cm³/mol. The summed E-state index contributed by atoms with van der Waals surface area (Å²) in [5.41, 5.74) is -1.20. The molecule has 0 spiro atoms. The quantitative estimate of drug-likeness (QED) is 0.852. The lowest BCUT2D eigenvalue weighted by molar-refractivity contribution is 0.0221. The highest BCUT2D eigenvalue weighted by atomic mass is 32.2. The maximum Gasteiger partial charge on any atom is 0.194 e. The lowest BCUT2D eigenvalue weighted by Gasteiger charge is -2.36. The van der Waals surface area contributed by atoms with Gasteiger partial charge in [-0.1, -0.05) is 6.07 Å². The first-order valence-corrected chi connectivity index (χ1v) is 7.91. The minimum Gasteiger partial charge on any atom is -0.389 e. The fraction of sp³-hybridized carbons (Fsp3) is 0.571. The van der Waals surface area contributed by atoms with Gasteiger partial charge in [0.2, 0.25) is 0 Å². The Bertz CT molecular complexity index is 560. The Balaban J connectivity index is 1.85. The van der Waals surface area contributed by atoms with E-state index in [4.69, 9.17) is 0 Å². The van der Waals surface area contributed by atoms with E-state index in [1.807, 2.05) is 0 Å². The third kappa shape index (κ3) is 2.29. The average molecular weight is 304 g/mol. The van der Waals surface area contributed by atoms with Gasteiger partial charge in [-0.05, 0) is 37.3 Å². The second-order valence-corrected chi connectivity index (χ2v) is 7.78. The number of halogens is 3. The van der Waals surface area contributed by atoms with Gasteiger partial charge < -0.3 is 5.11 Å². The molecule has 2 nitrogen and oxygen atoms in total. The second-order valence-electron chi connectivity index (χ2n) is 5.79. The van der Waals surface area contributed by atoms with Gasteiger partial charge in [-0.2, -0.15) is 0 Å². The number of hydrogen-bond donors (Lipinski definition) is 1. The van der Waals surface area contributed by atoms with E-state index in [9.17, 15) is 22.5 Å². The molecule has 3 rings (SSSR count). The molecule has 2 unspecified atom stereocenters. The van der Waals surface area contributed by atoms with E-state index in [2.05, 4.69) is 0 Å². The molecule has 2 atom stereocenters. The second kappa shape index (κ2) is 4.84. The maximum absolute atomic E-state index is 13.7. The van der Waals surface area contributed by atoms with Crippen LogP contribution in [0, 0.1) is 17.5 Å². The zero-order valence-electron chi connectivity index (χ0n) is 10.7. The number of fused-ring (bicyclic) bond motifs is 2. The van der Waals surface area contributed by atoms with Crippen molar-refractivity contribution in [1.29, 1.82) is 0 Å². The van der Waals surface area contributed by atoms with Crippen molar-refractivity contribution in [2.75, 3.05) is 0 Å². The molecule has 110 valence electrons. The van der Waals surface area contributed by atoms with E-state index in [-0.39, 0.29) is 22.5 Å². The van der Waals surface area contributed by atoms with Gasteiger partial charge >= 0.3 is 0 Å². The number of aliphatic hydroxyl groups is 1. The summed E-state index contributed by atoms with van der Waals surface area (Å²) in [6, 6.07) is 2.03. The van der Waals surface area contributed by atoms with Crippen LogP contribution in [0.2, 0.25) is 0 Å². The molecule has 0 saturated carbocycles. The SMILES string of the molecule is O=S1C2CCC1CC(O)(Cc1ccc(F)c(F)c1F)C2. The zero-order valence-corrected chi connectivity index (χ0v) is 11.6. The van der Waals surface area contributed by atoms with E-state index < -0.39 is 33.9 Å². The molecule has 20 heavy (non-hydrogen) atoms. The number of rotatable bonds is 2. The minimum absolute atomic E-state index is 0.0292. The van der Waals surface area contributed by atoms with Crippen molar-refractivity contribution in [2.24, 2.45) is 0 Å². The third-order valence-electron chi connectivity index (χ3n) is 4.32. The summed E-state index contributed by atoms with van der Waals surface area (Å²) in [4.78, 5) is 0. The largest absolute Gasteiger partial charge is 0.389 e. The van der Waals surface area contributed by atoms with Crippen LogP contribution in [0.1, 0.15) is 31.2 Å². The van der Waals surface area contributed by atoms with Crippen LogP contribution < -0.4 is 0 Å². The van der Waals surface area contributed by atoms with E-state index in [1.54, 1.807) is 0 Å². The van der Waals surface area contributed by atoms with Crippen LogP contribution in [0.5, 0.6) is 0 Å². The van der Waals surface area contributed by atoms with Crippen LogP contribution in [0.3, 0.4) is 0 Å². The predicted octanol–water partition coefficient (Wildman–Crippen LogP) is 2.45. The Labute approximate surface area is 117 Å². The first-order chi connectivity index (χ1) is 9.39. The van der Waals surface area contributed by atoms with Crippen molar-refractivity contribution >= 4 is 10.8 Å². The summed E-state index contributed by atoms with van der Waals surface area (Å²) in [6.45, 7) is 0. The molecular formula is C14H15F3O2S. The Morgan fingerprint density at radius 3 is 2.35 bits per heavy atom. The van der Waals surface area contributed by atoms with E-state index in [0.29, 0.717) is 12.8 Å². The van der Waals surface area contributed by atoms with Crippen molar-refractivity contribution < 1.29 is 22.5 Å². The first kappa shape index (κ1) is 14.1. The fourth-order valence-corrected chi connectivity index (χ4v) is 5.61. The van der Waals surface area contributed by atoms with E-state index in [0.717, 1.165) is 18.9 Å². The summed E-state index contributed by atoms with van der Waals surface area (Å²) >= 11 is 0. The maximum atomic E-state index is 13.7. The van der Waals surface area contributed by atoms with E-state index in [1.165, 1.54) is 6.07 Å². The molecule has 2 saturated heterocycles. The number of benzene rings is 1. The summed E-state index contributed by atoms with van der Waals surface area (Å²) in [7, 11) is -0.924. The van der Waals surface area contributed by atoms with Gasteiger partial charge in [0.15, 0.2) is 17.5 Å². The highest BCUT2D eigenvalue weighted by Gasteiger charge is 2.47. The van der Waals surface area contributed by atoms with Crippen molar-refractivity contribution in [3.05, 3.63) is 35.1 Å². The molecule has 2 heterocycles. The van der Waals surface area contributed by atoms with Gasteiger partial charge in [-0.25, -0.2) is 13.2 Å². The van der Waals surface area contributed by atoms with Crippen LogP contribution in [0.25, 0.3) is 0 Å². The third-order valence-corrected chi connectivity index (χ3v) is 6.44. The first-order valence-electron chi connectivity index (χ1n) is 6.64. The molecule has 0 radical (unpaired) electrons. The van der Waals surface area contributed by atoms with Crippen LogP contribution in [-0.4, -0.2) is 25.4 Å². The zero-order chi connectivity index (χ0) is 14.5.